The van der Waals surface area contributed by atoms with E-state index in [1.165, 1.54) is 6.33 Å². The Labute approximate surface area is 104 Å². The van der Waals surface area contributed by atoms with E-state index in [-0.39, 0.29) is 11.9 Å². The van der Waals surface area contributed by atoms with Crippen molar-refractivity contribution in [2.24, 2.45) is 0 Å². The van der Waals surface area contributed by atoms with Crippen molar-refractivity contribution in [3.8, 4) is 6.07 Å². The van der Waals surface area contributed by atoms with Gasteiger partial charge in [-0.15, -0.1) is 0 Å². The number of nitriles is 1. The third-order valence-electron chi connectivity index (χ3n) is 2.77. The molecular weight excluding hydrogens is 230 g/mol. The van der Waals surface area contributed by atoms with Crippen molar-refractivity contribution >= 4 is 16.9 Å². The molecule has 6 heteroatoms. The highest BCUT2D eigenvalue weighted by atomic mass is 16.1. The summed E-state index contributed by atoms with van der Waals surface area (Å²) < 4.78 is 0. The summed E-state index contributed by atoms with van der Waals surface area (Å²) in [5, 5.41) is 12.2. The number of aromatic amines is 1. The Morgan fingerprint density at radius 1 is 1.67 bits per heavy atom. The van der Waals surface area contributed by atoms with Gasteiger partial charge in [-0.3, -0.25) is 4.79 Å². The Kier molecular flexibility index (Phi) is 3.53. The van der Waals surface area contributed by atoms with E-state index in [1.54, 1.807) is 12.4 Å². The predicted molar refractivity (Wildman–Crippen MR) is 65.7 cm³/mol. The number of H-pyrrole nitrogens is 1. The first kappa shape index (κ1) is 12.0. The van der Waals surface area contributed by atoms with E-state index in [1.807, 2.05) is 6.92 Å². The van der Waals surface area contributed by atoms with Crippen LogP contribution in [0.25, 0.3) is 11.0 Å². The van der Waals surface area contributed by atoms with Crippen molar-refractivity contribution in [2.45, 2.75) is 25.8 Å². The zero-order valence-electron chi connectivity index (χ0n) is 9.97. The average molecular weight is 243 g/mol. The second kappa shape index (κ2) is 5.27. The number of aromatic nitrogens is 3. The van der Waals surface area contributed by atoms with Crippen molar-refractivity contribution < 1.29 is 4.79 Å². The maximum atomic E-state index is 12.1. The van der Waals surface area contributed by atoms with Crippen LogP contribution in [0.4, 0.5) is 0 Å². The molecule has 2 aromatic rings. The Morgan fingerprint density at radius 3 is 3.22 bits per heavy atom. The van der Waals surface area contributed by atoms with Crippen molar-refractivity contribution in [3.05, 3.63) is 24.3 Å². The van der Waals surface area contributed by atoms with Gasteiger partial charge in [0.25, 0.3) is 5.91 Å². The van der Waals surface area contributed by atoms with E-state index in [9.17, 15) is 4.79 Å². The highest BCUT2D eigenvalue weighted by molar-refractivity contribution is 6.05. The Morgan fingerprint density at radius 2 is 2.50 bits per heavy atom. The van der Waals surface area contributed by atoms with Gasteiger partial charge in [-0.25, -0.2) is 9.97 Å². The molecule has 0 saturated carbocycles. The number of carbonyl (C=O) groups is 1. The summed E-state index contributed by atoms with van der Waals surface area (Å²) in [6.07, 6.45) is 5.65. The first-order valence-electron chi connectivity index (χ1n) is 5.71. The normalized spacial score (nSPS) is 12.0. The molecule has 2 N–H and O–H groups in total. The fraction of sp³-hybridized carbons (Fsp3) is 0.333. The molecule has 6 nitrogen and oxygen atoms in total. The third-order valence-corrected chi connectivity index (χ3v) is 2.77. The standard InChI is InChI=1S/C12H13N5O/c1-2-8(3-4-13)17-12(18)10-6-15-11-9(10)5-14-7-16-11/h5-8H,2-3H2,1H3,(H,17,18)(H,14,15,16). The third kappa shape index (κ3) is 2.30. The van der Waals surface area contributed by atoms with Crippen LogP contribution in [-0.4, -0.2) is 26.9 Å². The molecule has 0 bridgehead atoms. The predicted octanol–water partition coefficient (Wildman–Crippen LogP) is 1.38. The fourth-order valence-electron chi connectivity index (χ4n) is 1.72. The number of fused-ring (bicyclic) bond motifs is 1. The van der Waals surface area contributed by atoms with Crippen molar-refractivity contribution in [2.75, 3.05) is 0 Å². The largest absolute Gasteiger partial charge is 0.348 e. The van der Waals surface area contributed by atoms with Crippen LogP contribution >= 0.6 is 0 Å². The minimum Gasteiger partial charge on any atom is -0.348 e. The van der Waals surface area contributed by atoms with E-state index in [0.717, 1.165) is 6.42 Å². The highest BCUT2D eigenvalue weighted by Crippen LogP contribution is 2.14. The van der Waals surface area contributed by atoms with Crippen LogP contribution < -0.4 is 5.32 Å². The molecule has 0 aliphatic carbocycles. The van der Waals surface area contributed by atoms with Gasteiger partial charge in [0.2, 0.25) is 0 Å². The lowest BCUT2D eigenvalue weighted by atomic mass is 10.1. The molecule has 18 heavy (non-hydrogen) atoms. The Bertz CT molecular complexity index is 598. The molecule has 0 saturated heterocycles. The second-order valence-electron chi connectivity index (χ2n) is 3.93. The molecule has 1 atom stereocenters. The lowest BCUT2D eigenvalue weighted by Gasteiger charge is -2.12. The van der Waals surface area contributed by atoms with Crippen LogP contribution in [0.1, 0.15) is 30.1 Å². The fourth-order valence-corrected chi connectivity index (χ4v) is 1.72. The smallest absolute Gasteiger partial charge is 0.253 e. The van der Waals surface area contributed by atoms with Crippen LogP contribution in [0.2, 0.25) is 0 Å². The van der Waals surface area contributed by atoms with Gasteiger partial charge in [0, 0.05) is 23.8 Å². The van der Waals surface area contributed by atoms with Crippen LogP contribution in [0.3, 0.4) is 0 Å². The minimum absolute atomic E-state index is 0.128. The molecule has 2 aromatic heterocycles. The van der Waals surface area contributed by atoms with Crippen molar-refractivity contribution in [3.63, 3.8) is 0 Å². The van der Waals surface area contributed by atoms with Crippen molar-refractivity contribution in [1.29, 1.82) is 5.26 Å². The van der Waals surface area contributed by atoms with Gasteiger partial charge in [-0.05, 0) is 6.42 Å². The lowest BCUT2D eigenvalue weighted by Crippen LogP contribution is -2.33. The quantitative estimate of drug-likeness (QED) is 0.848. The summed E-state index contributed by atoms with van der Waals surface area (Å²) in [4.78, 5) is 22.9. The SMILES string of the molecule is CCC(CC#N)NC(=O)c1c[nH]c2ncncc12. The second-order valence-corrected chi connectivity index (χ2v) is 3.93. The van der Waals surface area contributed by atoms with E-state index in [4.69, 9.17) is 5.26 Å². The molecule has 0 aliphatic rings. The maximum Gasteiger partial charge on any atom is 0.253 e. The van der Waals surface area contributed by atoms with Gasteiger partial charge in [0.05, 0.1) is 18.1 Å². The van der Waals surface area contributed by atoms with Gasteiger partial charge in [-0.1, -0.05) is 6.92 Å². The van der Waals surface area contributed by atoms with E-state index >= 15 is 0 Å². The van der Waals surface area contributed by atoms with Gasteiger partial charge in [0.15, 0.2) is 0 Å². The van der Waals surface area contributed by atoms with Crippen LogP contribution in [-0.2, 0) is 0 Å². The van der Waals surface area contributed by atoms with Crippen LogP contribution in [0.5, 0.6) is 0 Å². The number of rotatable bonds is 4. The average Bonchev–Trinajstić information content (AvgIpc) is 2.82. The first-order chi connectivity index (χ1) is 8.76. The lowest BCUT2D eigenvalue weighted by molar-refractivity contribution is 0.0938. The summed E-state index contributed by atoms with van der Waals surface area (Å²) in [7, 11) is 0. The summed E-state index contributed by atoms with van der Waals surface area (Å²) in [6.45, 7) is 1.93. The molecule has 1 amide bonds. The molecule has 0 fully saturated rings. The van der Waals surface area contributed by atoms with Crippen LogP contribution in [0, 0.1) is 11.3 Å². The number of hydrogen-bond donors (Lipinski definition) is 2. The Hall–Kier alpha value is -2.42. The topological polar surface area (TPSA) is 94.5 Å². The van der Waals surface area contributed by atoms with Crippen LogP contribution in [0.15, 0.2) is 18.7 Å². The highest BCUT2D eigenvalue weighted by Gasteiger charge is 2.16. The summed E-state index contributed by atoms with van der Waals surface area (Å²) in [5.41, 5.74) is 1.13. The number of amides is 1. The van der Waals surface area contributed by atoms with E-state index in [0.29, 0.717) is 23.0 Å². The molecule has 2 rings (SSSR count). The Balaban J connectivity index is 2.21. The number of nitrogens with zero attached hydrogens (tertiary/aromatic N) is 3. The summed E-state index contributed by atoms with van der Waals surface area (Å²) >= 11 is 0. The monoisotopic (exact) mass is 243 g/mol. The molecule has 1 unspecified atom stereocenters. The molecule has 0 aromatic carbocycles. The maximum absolute atomic E-state index is 12.1. The van der Waals surface area contributed by atoms with Gasteiger partial charge < -0.3 is 10.3 Å². The van der Waals surface area contributed by atoms with E-state index < -0.39 is 0 Å². The summed E-state index contributed by atoms with van der Waals surface area (Å²) in [5.74, 6) is -0.210. The van der Waals surface area contributed by atoms with Crippen molar-refractivity contribution in [1.82, 2.24) is 20.3 Å². The molecule has 2 heterocycles. The van der Waals surface area contributed by atoms with Gasteiger partial charge in [-0.2, -0.15) is 5.26 Å². The number of hydrogen-bond acceptors (Lipinski definition) is 4. The zero-order chi connectivity index (χ0) is 13.0. The minimum atomic E-state index is -0.210. The molecule has 0 spiro atoms. The number of carbonyl (C=O) groups excluding carboxylic acids is 1. The van der Waals surface area contributed by atoms with Gasteiger partial charge in [0.1, 0.15) is 12.0 Å². The number of nitrogens with one attached hydrogen (secondary N) is 2. The first-order valence-corrected chi connectivity index (χ1v) is 5.71. The zero-order valence-corrected chi connectivity index (χ0v) is 9.97. The summed E-state index contributed by atoms with van der Waals surface area (Å²) in [6, 6.07) is 1.93. The van der Waals surface area contributed by atoms with E-state index in [2.05, 4.69) is 26.3 Å². The van der Waals surface area contributed by atoms with Gasteiger partial charge >= 0.3 is 0 Å². The molecular formula is C12H13N5O. The molecule has 0 aliphatic heterocycles. The molecule has 92 valence electrons. The molecule has 0 radical (unpaired) electrons.